The fourth-order valence-corrected chi connectivity index (χ4v) is 1.71. The van der Waals surface area contributed by atoms with Gasteiger partial charge in [0.25, 0.3) is 5.91 Å². The van der Waals surface area contributed by atoms with Gasteiger partial charge in [-0.1, -0.05) is 0 Å². The number of nitrogens with one attached hydrogen (secondary N) is 1. The molecule has 0 bridgehead atoms. The maximum absolute atomic E-state index is 12.1. The lowest BCUT2D eigenvalue weighted by atomic mass is 10.2. The molecule has 0 unspecified atom stereocenters. The van der Waals surface area contributed by atoms with Gasteiger partial charge in [-0.25, -0.2) is 4.98 Å². The molecule has 0 fully saturated rings. The molecule has 1 rings (SSSR count). The molecule has 3 N–H and O–H groups in total. The Labute approximate surface area is 130 Å². The van der Waals surface area contributed by atoms with E-state index in [4.69, 9.17) is 15.5 Å². The lowest BCUT2D eigenvalue weighted by Crippen LogP contribution is -2.36. The normalized spacial score (nSPS) is 10.9. The van der Waals surface area contributed by atoms with Crippen molar-refractivity contribution in [3.8, 4) is 6.07 Å². The van der Waals surface area contributed by atoms with E-state index in [1.807, 2.05) is 0 Å². The first-order valence-corrected chi connectivity index (χ1v) is 6.91. The lowest BCUT2D eigenvalue weighted by Gasteiger charge is -2.19. The molecule has 21 heavy (non-hydrogen) atoms. The summed E-state index contributed by atoms with van der Waals surface area (Å²) in [5.41, 5.74) is -0.137. The molecular weight excluding hydrogens is 340 g/mol. The van der Waals surface area contributed by atoms with Crippen molar-refractivity contribution in [2.24, 2.45) is 0 Å². The molecule has 0 aliphatic heterocycles. The van der Waals surface area contributed by atoms with Crippen molar-refractivity contribution < 1.29 is 15.0 Å². The van der Waals surface area contributed by atoms with Gasteiger partial charge in [0.1, 0.15) is 17.5 Å². The van der Waals surface area contributed by atoms with Gasteiger partial charge in [0.15, 0.2) is 0 Å². The van der Waals surface area contributed by atoms with Crippen LogP contribution in [0.4, 0.5) is 5.82 Å². The Morgan fingerprint density at radius 1 is 1.43 bits per heavy atom. The number of amides is 1. The first-order valence-electron chi connectivity index (χ1n) is 6.11. The van der Waals surface area contributed by atoms with Crippen molar-refractivity contribution in [3.63, 3.8) is 0 Å². The average molecular weight is 355 g/mol. The van der Waals surface area contributed by atoms with Crippen molar-refractivity contribution in [3.05, 3.63) is 34.6 Å². The number of aliphatic hydroxyl groups is 2. The van der Waals surface area contributed by atoms with E-state index in [1.165, 1.54) is 11.1 Å². The fraction of sp³-hybridized carbons (Fsp3) is 0.308. The van der Waals surface area contributed by atoms with Gasteiger partial charge in [0, 0.05) is 30.0 Å². The fourth-order valence-electron chi connectivity index (χ4n) is 1.48. The van der Waals surface area contributed by atoms with E-state index in [0.717, 1.165) is 4.47 Å². The zero-order chi connectivity index (χ0) is 15.7. The summed E-state index contributed by atoms with van der Waals surface area (Å²) < 4.78 is 0.811. The summed E-state index contributed by atoms with van der Waals surface area (Å²) in [7, 11) is 0. The predicted octanol–water partition coefficient (Wildman–Crippen LogP) is 0.477. The Balaban J connectivity index is 2.80. The third kappa shape index (κ3) is 5.51. The molecule has 0 aliphatic carbocycles. The highest BCUT2D eigenvalue weighted by Gasteiger charge is 2.17. The predicted molar refractivity (Wildman–Crippen MR) is 80.0 cm³/mol. The summed E-state index contributed by atoms with van der Waals surface area (Å²) in [6.07, 6.45) is 2.83. The van der Waals surface area contributed by atoms with Crippen LogP contribution in [0.3, 0.4) is 0 Å². The number of aromatic nitrogens is 1. The molecule has 8 heteroatoms. The van der Waals surface area contributed by atoms with Crippen molar-refractivity contribution in [1.29, 1.82) is 5.26 Å². The Kier molecular flexibility index (Phi) is 7.39. The van der Waals surface area contributed by atoms with E-state index in [1.54, 1.807) is 24.4 Å². The summed E-state index contributed by atoms with van der Waals surface area (Å²) >= 11 is 3.25. The number of carbonyl (C=O) groups is 1. The van der Waals surface area contributed by atoms with E-state index in [-0.39, 0.29) is 31.9 Å². The second kappa shape index (κ2) is 9.07. The minimum atomic E-state index is -0.565. The maximum atomic E-state index is 12.1. The Morgan fingerprint density at radius 3 is 2.57 bits per heavy atom. The van der Waals surface area contributed by atoms with E-state index in [2.05, 4.69) is 26.2 Å². The second-order valence-corrected chi connectivity index (χ2v) is 4.83. The van der Waals surface area contributed by atoms with E-state index >= 15 is 0 Å². The van der Waals surface area contributed by atoms with E-state index < -0.39 is 5.91 Å². The summed E-state index contributed by atoms with van der Waals surface area (Å²) in [5, 5.41) is 29.6. The van der Waals surface area contributed by atoms with Crippen LogP contribution in [0.1, 0.15) is 0 Å². The number of aliphatic hydroxyl groups excluding tert-OH is 2. The summed E-state index contributed by atoms with van der Waals surface area (Å²) in [5.74, 6) is -0.0835. The van der Waals surface area contributed by atoms with Crippen LogP contribution < -0.4 is 5.32 Å². The van der Waals surface area contributed by atoms with Crippen LogP contribution in [0, 0.1) is 11.3 Å². The highest BCUT2D eigenvalue weighted by atomic mass is 79.9. The Morgan fingerprint density at radius 2 is 2.10 bits per heavy atom. The molecule has 7 nitrogen and oxygen atoms in total. The zero-order valence-electron chi connectivity index (χ0n) is 11.2. The number of hydrogen-bond donors (Lipinski definition) is 3. The topological polar surface area (TPSA) is 109 Å². The summed E-state index contributed by atoms with van der Waals surface area (Å²) in [6.45, 7) is -0.387. The second-order valence-electron chi connectivity index (χ2n) is 3.92. The molecule has 0 aromatic carbocycles. The molecule has 1 aromatic rings. The maximum Gasteiger partial charge on any atom is 0.266 e. The summed E-state index contributed by atoms with van der Waals surface area (Å²) in [6, 6.07) is 5.23. The minimum Gasteiger partial charge on any atom is -0.395 e. The van der Waals surface area contributed by atoms with Gasteiger partial charge in [-0.15, -0.1) is 0 Å². The van der Waals surface area contributed by atoms with Crippen LogP contribution in [-0.2, 0) is 4.79 Å². The van der Waals surface area contributed by atoms with Gasteiger partial charge in [-0.2, -0.15) is 5.26 Å². The van der Waals surface area contributed by atoms with E-state index in [9.17, 15) is 4.79 Å². The zero-order valence-corrected chi connectivity index (χ0v) is 12.7. The molecule has 0 atom stereocenters. The van der Waals surface area contributed by atoms with Crippen molar-refractivity contribution in [2.75, 3.05) is 31.6 Å². The number of carbonyl (C=O) groups excluding carboxylic acids is 1. The molecule has 1 heterocycles. The first-order chi connectivity index (χ1) is 10.1. The van der Waals surface area contributed by atoms with Gasteiger partial charge >= 0.3 is 0 Å². The van der Waals surface area contributed by atoms with Crippen LogP contribution in [0.15, 0.2) is 34.6 Å². The number of nitrogens with zero attached hydrogens (tertiary/aromatic N) is 3. The smallest absolute Gasteiger partial charge is 0.266 e. The molecule has 0 radical (unpaired) electrons. The monoisotopic (exact) mass is 354 g/mol. The van der Waals surface area contributed by atoms with Gasteiger partial charge in [-0.05, 0) is 28.1 Å². The van der Waals surface area contributed by atoms with Crippen molar-refractivity contribution in [1.82, 2.24) is 9.88 Å². The van der Waals surface area contributed by atoms with Gasteiger partial charge < -0.3 is 20.4 Å². The molecular formula is C13H15BrN4O3. The Bertz CT molecular complexity index is 533. The van der Waals surface area contributed by atoms with Gasteiger partial charge in [0.2, 0.25) is 0 Å². The molecule has 0 aliphatic rings. The van der Waals surface area contributed by atoms with Crippen molar-refractivity contribution >= 4 is 27.7 Å². The molecule has 0 saturated heterocycles. The molecule has 1 aromatic heterocycles. The average Bonchev–Trinajstić information content (AvgIpc) is 2.49. The number of hydrogen-bond acceptors (Lipinski definition) is 6. The first kappa shape index (κ1) is 17.1. The third-order valence-electron chi connectivity index (χ3n) is 2.47. The lowest BCUT2D eigenvalue weighted by molar-refractivity contribution is -0.127. The van der Waals surface area contributed by atoms with Crippen LogP contribution >= 0.6 is 15.9 Å². The number of rotatable bonds is 7. The minimum absolute atomic E-state index is 0.0505. The van der Waals surface area contributed by atoms with Crippen LogP contribution in [-0.4, -0.2) is 52.3 Å². The quantitative estimate of drug-likeness (QED) is 0.485. The highest BCUT2D eigenvalue weighted by molar-refractivity contribution is 9.10. The summed E-state index contributed by atoms with van der Waals surface area (Å²) in [4.78, 5) is 17.3. The van der Waals surface area contributed by atoms with Crippen LogP contribution in [0.25, 0.3) is 0 Å². The van der Waals surface area contributed by atoms with Crippen LogP contribution in [0.2, 0.25) is 0 Å². The van der Waals surface area contributed by atoms with E-state index in [0.29, 0.717) is 5.82 Å². The molecule has 112 valence electrons. The number of anilines is 1. The number of halogens is 1. The van der Waals surface area contributed by atoms with Gasteiger partial charge in [-0.3, -0.25) is 4.79 Å². The molecule has 1 amide bonds. The third-order valence-corrected chi connectivity index (χ3v) is 2.94. The SMILES string of the molecule is N#C/C(=C/Nc1ccc(Br)cn1)C(=O)N(CCO)CCO. The van der Waals surface area contributed by atoms with Gasteiger partial charge in [0.05, 0.1) is 13.2 Å². The van der Waals surface area contributed by atoms with Crippen LogP contribution in [0.5, 0.6) is 0 Å². The number of nitriles is 1. The molecule has 0 spiro atoms. The highest BCUT2D eigenvalue weighted by Crippen LogP contribution is 2.11. The largest absolute Gasteiger partial charge is 0.395 e. The number of pyridine rings is 1. The molecule has 0 saturated carbocycles. The standard InChI is InChI=1S/C13H15BrN4O3/c14-11-1-2-12(17-9-11)16-8-10(7-15)13(21)18(3-5-19)4-6-20/h1-2,8-9,19-20H,3-6H2,(H,16,17)/b10-8-. The van der Waals surface area contributed by atoms with Crippen molar-refractivity contribution in [2.45, 2.75) is 0 Å². The Hall–Kier alpha value is -1.95.